The van der Waals surface area contributed by atoms with Gasteiger partial charge in [-0.15, -0.1) is 0 Å². The fourth-order valence-corrected chi connectivity index (χ4v) is 2.41. The van der Waals surface area contributed by atoms with Crippen molar-refractivity contribution in [3.8, 4) is 5.75 Å². The molecule has 24 heavy (non-hydrogen) atoms. The molecule has 1 amide bonds. The van der Waals surface area contributed by atoms with Crippen molar-refractivity contribution < 1.29 is 28.5 Å². The average Bonchev–Trinajstić information content (AvgIpc) is 2.88. The summed E-state index contributed by atoms with van der Waals surface area (Å²) in [6, 6.07) is 7.20. The van der Waals surface area contributed by atoms with Crippen molar-refractivity contribution in [1.29, 1.82) is 0 Å². The van der Waals surface area contributed by atoms with Gasteiger partial charge in [0.15, 0.2) is 0 Å². The molecule has 132 valence electrons. The highest BCUT2D eigenvalue weighted by molar-refractivity contribution is 5.89. The van der Waals surface area contributed by atoms with Crippen molar-refractivity contribution in [3.05, 3.63) is 24.3 Å². The van der Waals surface area contributed by atoms with Gasteiger partial charge in [0.2, 0.25) is 0 Å². The number of ether oxygens (including phenoxy) is 4. The molecule has 1 heterocycles. The minimum absolute atomic E-state index is 0.182. The lowest BCUT2D eigenvalue weighted by Crippen LogP contribution is -2.25. The molecule has 0 spiro atoms. The van der Waals surface area contributed by atoms with E-state index in [4.69, 9.17) is 18.9 Å². The molecule has 1 saturated heterocycles. The molecule has 0 bridgehead atoms. The Kier molecular flexibility index (Phi) is 6.43. The third-order valence-corrected chi connectivity index (χ3v) is 3.54. The number of carbonyl (C=O) groups is 2. The van der Waals surface area contributed by atoms with Crippen LogP contribution in [0.25, 0.3) is 0 Å². The first-order valence-electron chi connectivity index (χ1n) is 7.86. The summed E-state index contributed by atoms with van der Waals surface area (Å²) in [5, 5.41) is 0. The maximum Gasteiger partial charge on any atom is 0.414 e. The second kappa shape index (κ2) is 8.54. The number of benzene rings is 1. The number of esters is 1. The van der Waals surface area contributed by atoms with Gasteiger partial charge >= 0.3 is 12.1 Å². The second-order valence-corrected chi connectivity index (χ2v) is 5.62. The van der Waals surface area contributed by atoms with Crippen LogP contribution < -0.4 is 9.64 Å². The number of hydrogen-bond acceptors (Lipinski definition) is 6. The number of amides is 1. The van der Waals surface area contributed by atoms with Gasteiger partial charge in [0.05, 0.1) is 19.8 Å². The summed E-state index contributed by atoms with van der Waals surface area (Å²) < 4.78 is 20.9. The van der Waals surface area contributed by atoms with Crippen LogP contribution in [0.3, 0.4) is 0 Å². The molecule has 0 radical (unpaired) electrons. The summed E-state index contributed by atoms with van der Waals surface area (Å²) >= 11 is 0. The number of methoxy groups -OCH3 is 1. The number of rotatable bonds is 8. The fraction of sp³-hybridized carbons (Fsp3) is 0.529. The molecule has 1 aliphatic rings. The zero-order valence-corrected chi connectivity index (χ0v) is 14.2. The topological polar surface area (TPSA) is 74.3 Å². The highest BCUT2D eigenvalue weighted by atomic mass is 16.6. The smallest absolute Gasteiger partial charge is 0.414 e. The zero-order chi connectivity index (χ0) is 17.5. The molecule has 0 N–H and O–H groups in total. The van der Waals surface area contributed by atoms with Gasteiger partial charge < -0.3 is 18.9 Å². The Hall–Kier alpha value is -2.28. The van der Waals surface area contributed by atoms with Crippen molar-refractivity contribution in [3.63, 3.8) is 0 Å². The van der Waals surface area contributed by atoms with Crippen molar-refractivity contribution in [2.24, 2.45) is 0 Å². The minimum atomic E-state index is -0.374. The summed E-state index contributed by atoms with van der Waals surface area (Å²) in [6.45, 7) is 4.49. The van der Waals surface area contributed by atoms with Gasteiger partial charge in [-0.25, -0.2) is 4.79 Å². The monoisotopic (exact) mass is 337 g/mol. The summed E-state index contributed by atoms with van der Waals surface area (Å²) in [5.41, 5.74) is 0.749. The van der Waals surface area contributed by atoms with E-state index < -0.39 is 0 Å². The Labute approximate surface area is 141 Å². The van der Waals surface area contributed by atoms with Gasteiger partial charge in [-0.2, -0.15) is 0 Å². The lowest BCUT2D eigenvalue weighted by Gasteiger charge is -2.15. The van der Waals surface area contributed by atoms with Gasteiger partial charge in [0.25, 0.3) is 0 Å². The normalized spacial score (nSPS) is 18.2. The molecule has 0 aromatic heterocycles. The molecule has 0 unspecified atom stereocenters. The van der Waals surface area contributed by atoms with Crippen molar-refractivity contribution >= 4 is 17.7 Å². The molecule has 7 heteroatoms. The third-order valence-electron chi connectivity index (χ3n) is 3.54. The first-order chi connectivity index (χ1) is 11.5. The summed E-state index contributed by atoms with van der Waals surface area (Å²) in [7, 11) is 1.57. The van der Waals surface area contributed by atoms with Crippen LogP contribution in [0.2, 0.25) is 0 Å². The molecular formula is C17H23NO6. The maximum absolute atomic E-state index is 11.9. The van der Waals surface area contributed by atoms with E-state index in [2.05, 4.69) is 0 Å². The number of carbonyl (C=O) groups excluding carboxylic acids is 2. The van der Waals surface area contributed by atoms with Crippen LogP contribution in [-0.4, -0.2) is 51.1 Å². The van der Waals surface area contributed by atoms with Crippen LogP contribution in [0.5, 0.6) is 5.75 Å². The van der Waals surface area contributed by atoms with E-state index in [9.17, 15) is 9.59 Å². The second-order valence-electron chi connectivity index (χ2n) is 5.62. The minimum Gasteiger partial charge on any atom is -0.493 e. The predicted molar refractivity (Wildman–Crippen MR) is 87.3 cm³/mol. The number of anilines is 1. The van der Waals surface area contributed by atoms with E-state index in [-0.39, 0.29) is 24.3 Å². The third kappa shape index (κ3) is 5.13. The summed E-state index contributed by atoms with van der Waals surface area (Å²) in [4.78, 5) is 24.2. The van der Waals surface area contributed by atoms with E-state index >= 15 is 0 Å². The van der Waals surface area contributed by atoms with Crippen LogP contribution >= 0.6 is 0 Å². The first-order valence-corrected chi connectivity index (χ1v) is 7.86. The number of nitrogens with zero attached hydrogens (tertiary/aromatic N) is 1. The quantitative estimate of drug-likeness (QED) is 0.678. The predicted octanol–water partition coefficient (Wildman–Crippen LogP) is 2.38. The molecule has 2 atom stereocenters. The van der Waals surface area contributed by atoms with Gasteiger partial charge in [0, 0.05) is 26.1 Å². The van der Waals surface area contributed by atoms with Crippen LogP contribution in [0.4, 0.5) is 10.5 Å². The first kappa shape index (κ1) is 18.1. The van der Waals surface area contributed by atoms with Crippen LogP contribution in [0, 0.1) is 0 Å². The van der Waals surface area contributed by atoms with Crippen molar-refractivity contribution in [2.75, 3.05) is 31.8 Å². The SMILES string of the molecule is COC[C@@H]1CN(c2ccc(OCC[C@H](C)OC(C)=O)cc2)C(=O)O1. The molecule has 1 aliphatic heterocycles. The molecular weight excluding hydrogens is 314 g/mol. The number of hydrogen-bond donors (Lipinski definition) is 0. The lowest BCUT2D eigenvalue weighted by molar-refractivity contribution is -0.145. The molecule has 2 rings (SSSR count). The Balaban J connectivity index is 1.82. The Morgan fingerprint density at radius 1 is 1.38 bits per heavy atom. The van der Waals surface area contributed by atoms with E-state index in [0.29, 0.717) is 31.9 Å². The number of cyclic esters (lactones) is 1. The van der Waals surface area contributed by atoms with Gasteiger partial charge in [-0.05, 0) is 31.2 Å². The van der Waals surface area contributed by atoms with E-state index in [1.165, 1.54) is 6.92 Å². The fourth-order valence-electron chi connectivity index (χ4n) is 2.41. The standard InChI is InChI=1S/C17H23NO6/c1-12(23-13(2)19)8-9-22-15-6-4-14(5-7-15)18-10-16(11-21-3)24-17(18)20/h4-7,12,16H,8-11H2,1-3H3/t12-,16-/m0/s1. The molecule has 0 saturated carbocycles. The maximum atomic E-state index is 11.9. The van der Waals surface area contributed by atoms with Crippen LogP contribution in [0.15, 0.2) is 24.3 Å². The Morgan fingerprint density at radius 2 is 2.08 bits per heavy atom. The van der Waals surface area contributed by atoms with Crippen LogP contribution in [0.1, 0.15) is 20.3 Å². The van der Waals surface area contributed by atoms with Gasteiger partial charge in [-0.1, -0.05) is 0 Å². The Bertz CT molecular complexity index is 559. The lowest BCUT2D eigenvalue weighted by atomic mass is 10.2. The summed E-state index contributed by atoms with van der Waals surface area (Å²) in [6.07, 6.45) is -0.195. The van der Waals surface area contributed by atoms with Crippen molar-refractivity contribution in [1.82, 2.24) is 0 Å². The summed E-state index contributed by atoms with van der Waals surface area (Å²) in [5.74, 6) is 0.394. The van der Waals surface area contributed by atoms with E-state index in [1.807, 2.05) is 6.92 Å². The molecule has 1 aromatic rings. The average molecular weight is 337 g/mol. The van der Waals surface area contributed by atoms with E-state index in [0.717, 1.165) is 5.69 Å². The molecule has 1 aromatic carbocycles. The zero-order valence-electron chi connectivity index (χ0n) is 14.2. The molecule has 0 aliphatic carbocycles. The largest absolute Gasteiger partial charge is 0.493 e. The molecule has 1 fully saturated rings. The van der Waals surface area contributed by atoms with Crippen LogP contribution in [-0.2, 0) is 19.0 Å². The van der Waals surface area contributed by atoms with Gasteiger partial charge in [-0.3, -0.25) is 9.69 Å². The van der Waals surface area contributed by atoms with E-state index in [1.54, 1.807) is 36.3 Å². The van der Waals surface area contributed by atoms with Gasteiger partial charge in [0.1, 0.15) is 18.0 Å². The highest BCUT2D eigenvalue weighted by Crippen LogP contribution is 2.24. The molecule has 7 nitrogen and oxygen atoms in total. The Morgan fingerprint density at radius 3 is 2.71 bits per heavy atom. The van der Waals surface area contributed by atoms with Crippen molar-refractivity contribution in [2.45, 2.75) is 32.5 Å². The highest BCUT2D eigenvalue weighted by Gasteiger charge is 2.32.